The van der Waals surface area contributed by atoms with Crippen LogP contribution in [0.25, 0.3) is 0 Å². The van der Waals surface area contributed by atoms with Crippen molar-refractivity contribution in [3.05, 3.63) is 62.7 Å². The molecule has 19 nitrogen and oxygen atoms in total. The average molecular weight is 616 g/mol. The van der Waals surface area contributed by atoms with Crippen molar-refractivity contribution in [2.45, 2.75) is 37.8 Å². The van der Waals surface area contributed by atoms with Crippen molar-refractivity contribution in [2.24, 2.45) is 0 Å². The van der Waals surface area contributed by atoms with E-state index in [1.807, 2.05) is 0 Å². The maximum absolute atomic E-state index is 12.6. The molecule has 0 aliphatic carbocycles. The van der Waals surface area contributed by atoms with Crippen molar-refractivity contribution in [3.8, 4) is 0 Å². The SMILES string of the molecule is CC(Nc1ccn([C@H]2C[C@@H](O)[C@@H](COP(=O)(O)OP(=O)(O)OP(=O)(O)O)O2)c(=O)n1)c1ccccc1[N+](=O)[O-]. The molecule has 22 heteroatoms. The van der Waals surface area contributed by atoms with Gasteiger partial charge in [0.05, 0.1) is 29.2 Å². The zero-order valence-corrected chi connectivity index (χ0v) is 22.4. The number of rotatable bonds is 12. The lowest BCUT2D eigenvalue weighted by Crippen LogP contribution is -2.28. The highest BCUT2D eigenvalue weighted by molar-refractivity contribution is 7.66. The summed E-state index contributed by atoms with van der Waals surface area (Å²) < 4.78 is 52.0. The standard InChI is InChI=1S/C17H23N4O15P3/c1-10(11-4-2-3-5-12(11)21(24)25)18-15-6-7-20(17(23)19-15)16-8-13(22)14(34-16)9-33-38(29,30)36-39(31,32)35-37(26,27)28/h2-7,10,13-14,16,22H,8-9H2,1H3,(H,29,30)(H,31,32)(H,18,19,23)(H2,26,27,28)/t10?,13-,14-,16-/m1/s1. The minimum Gasteiger partial charge on any atom is -0.390 e. The maximum Gasteiger partial charge on any atom is 0.490 e. The topological polar surface area (TPSA) is 279 Å². The number of aliphatic hydroxyl groups is 1. The monoisotopic (exact) mass is 616 g/mol. The number of nitrogens with one attached hydrogen (secondary N) is 1. The number of hydrogen-bond acceptors (Lipinski definition) is 13. The third-order valence-corrected chi connectivity index (χ3v) is 8.93. The van der Waals surface area contributed by atoms with E-state index in [1.54, 1.807) is 19.1 Å². The first-order valence-electron chi connectivity index (χ1n) is 10.7. The molecule has 1 aliphatic rings. The fourth-order valence-electron chi connectivity index (χ4n) is 3.54. The fourth-order valence-corrected chi connectivity index (χ4v) is 6.57. The molecule has 0 spiro atoms. The summed E-state index contributed by atoms with van der Waals surface area (Å²) in [7, 11) is -16.7. The van der Waals surface area contributed by atoms with Crippen molar-refractivity contribution in [1.82, 2.24) is 9.55 Å². The lowest BCUT2D eigenvalue weighted by atomic mass is 10.1. The van der Waals surface area contributed by atoms with E-state index in [0.717, 1.165) is 4.57 Å². The Balaban J connectivity index is 1.63. The molecule has 3 rings (SSSR count). The summed E-state index contributed by atoms with van der Waals surface area (Å²) in [4.78, 5) is 63.0. The smallest absolute Gasteiger partial charge is 0.390 e. The summed E-state index contributed by atoms with van der Waals surface area (Å²) in [6, 6.07) is 6.80. The number of hydrogen-bond donors (Lipinski definition) is 6. The Bertz CT molecular complexity index is 1410. The third kappa shape index (κ3) is 8.81. The molecule has 6 atom stereocenters. The Morgan fingerprint density at radius 3 is 2.46 bits per heavy atom. The van der Waals surface area contributed by atoms with E-state index >= 15 is 0 Å². The van der Waals surface area contributed by atoms with Gasteiger partial charge in [-0.2, -0.15) is 13.6 Å². The van der Waals surface area contributed by atoms with Gasteiger partial charge in [0.25, 0.3) is 5.69 Å². The molecule has 0 bridgehead atoms. The van der Waals surface area contributed by atoms with Crippen LogP contribution in [0.1, 0.15) is 31.2 Å². The predicted molar refractivity (Wildman–Crippen MR) is 128 cm³/mol. The number of aliphatic hydroxyl groups excluding tert-OH is 1. The number of nitro groups is 1. The molecule has 2 heterocycles. The quantitative estimate of drug-likeness (QED) is 0.111. The van der Waals surface area contributed by atoms with Crippen molar-refractivity contribution in [1.29, 1.82) is 0 Å². The Morgan fingerprint density at radius 1 is 1.18 bits per heavy atom. The largest absolute Gasteiger partial charge is 0.490 e. The fraction of sp³-hybridized carbons (Fsp3) is 0.412. The summed E-state index contributed by atoms with van der Waals surface area (Å²) in [5.74, 6) is 0.0876. The molecule has 1 aromatic heterocycles. The molecule has 6 N–H and O–H groups in total. The first-order valence-corrected chi connectivity index (χ1v) is 15.2. The molecule has 1 fully saturated rings. The van der Waals surface area contributed by atoms with Gasteiger partial charge < -0.3 is 34.7 Å². The number of phosphoric acid groups is 3. The minimum absolute atomic E-state index is 0.0876. The molecule has 0 amide bonds. The van der Waals surface area contributed by atoms with Crippen molar-refractivity contribution >= 4 is 35.0 Å². The van der Waals surface area contributed by atoms with Crippen LogP contribution >= 0.6 is 23.5 Å². The second kappa shape index (κ2) is 12.0. The van der Waals surface area contributed by atoms with Gasteiger partial charge in [0, 0.05) is 18.7 Å². The molecule has 216 valence electrons. The van der Waals surface area contributed by atoms with E-state index in [-0.39, 0.29) is 17.9 Å². The molecule has 1 aromatic carbocycles. The molecule has 3 unspecified atom stereocenters. The van der Waals surface area contributed by atoms with E-state index in [9.17, 15) is 43.5 Å². The highest BCUT2D eigenvalue weighted by atomic mass is 31.3. The van der Waals surface area contributed by atoms with Gasteiger partial charge in [0.2, 0.25) is 0 Å². The molecular weight excluding hydrogens is 593 g/mol. The maximum atomic E-state index is 12.6. The van der Waals surface area contributed by atoms with Crippen LogP contribution in [-0.4, -0.2) is 58.0 Å². The van der Waals surface area contributed by atoms with Gasteiger partial charge in [-0.15, -0.1) is 0 Å². The van der Waals surface area contributed by atoms with E-state index in [2.05, 4.69) is 23.4 Å². The van der Waals surface area contributed by atoms with Crippen molar-refractivity contribution < 1.29 is 61.2 Å². The Kier molecular flexibility index (Phi) is 9.60. The van der Waals surface area contributed by atoms with Gasteiger partial charge in [-0.05, 0) is 13.0 Å². The zero-order valence-electron chi connectivity index (χ0n) is 19.7. The van der Waals surface area contributed by atoms with Gasteiger partial charge in [-0.3, -0.25) is 19.2 Å². The molecule has 1 aliphatic heterocycles. The minimum atomic E-state index is -5.72. The summed E-state index contributed by atoms with van der Waals surface area (Å²) in [5, 5.41) is 24.4. The summed E-state index contributed by atoms with van der Waals surface area (Å²) in [6.45, 7) is 0.727. The normalized spacial score (nSPS) is 23.5. The van der Waals surface area contributed by atoms with Crippen LogP contribution in [0.2, 0.25) is 0 Å². The van der Waals surface area contributed by atoms with Crippen LogP contribution < -0.4 is 11.0 Å². The van der Waals surface area contributed by atoms with Gasteiger partial charge >= 0.3 is 29.2 Å². The first-order chi connectivity index (χ1) is 18.0. The molecule has 39 heavy (non-hydrogen) atoms. The van der Waals surface area contributed by atoms with Gasteiger partial charge in [-0.1, -0.05) is 18.2 Å². The number of para-hydroxylation sites is 1. The number of nitrogens with zero attached hydrogens (tertiary/aromatic N) is 3. The van der Waals surface area contributed by atoms with E-state index < -0.39 is 65.2 Å². The first kappa shape index (κ1) is 31.2. The number of aromatic nitrogens is 2. The van der Waals surface area contributed by atoms with Crippen LogP contribution in [0.5, 0.6) is 0 Å². The second-order valence-corrected chi connectivity index (χ2v) is 12.4. The number of ether oxygens (including phenoxy) is 1. The molecular formula is C17H23N4O15P3. The van der Waals surface area contributed by atoms with Crippen LogP contribution in [-0.2, 0) is 31.6 Å². The Labute approximate surface area is 218 Å². The van der Waals surface area contributed by atoms with E-state index in [1.165, 1.54) is 24.4 Å². The Hall–Kier alpha value is -2.37. The van der Waals surface area contributed by atoms with Gasteiger partial charge in [0.1, 0.15) is 18.1 Å². The molecule has 0 saturated carbocycles. The number of nitro benzene ring substituents is 1. The summed E-state index contributed by atoms with van der Waals surface area (Å²) in [6.07, 6.45) is -2.75. The lowest BCUT2D eigenvalue weighted by Gasteiger charge is -2.19. The highest BCUT2D eigenvalue weighted by Gasteiger charge is 2.43. The number of benzene rings is 1. The third-order valence-electron chi connectivity index (χ3n) is 5.13. The highest BCUT2D eigenvalue weighted by Crippen LogP contribution is 2.66. The molecule has 2 aromatic rings. The summed E-state index contributed by atoms with van der Waals surface area (Å²) >= 11 is 0. The number of anilines is 1. The molecule has 0 radical (unpaired) electrons. The predicted octanol–water partition coefficient (Wildman–Crippen LogP) is 1.32. The van der Waals surface area contributed by atoms with Gasteiger partial charge in [0.15, 0.2) is 0 Å². The second-order valence-electron chi connectivity index (χ2n) is 8.00. The number of phosphoric ester groups is 1. The van der Waals surface area contributed by atoms with Crippen LogP contribution in [0, 0.1) is 10.1 Å². The van der Waals surface area contributed by atoms with E-state index in [4.69, 9.17) is 14.5 Å². The van der Waals surface area contributed by atoms with Crippen molar-refractivity contribution in [3.63, 3.8) is 0 Å². The van der Waals surface area contributed by atoms with Crippen LogP contribution in [0.3, 0.4) is 0 Å². The summed E-state index contributed by atoms with van der Waals surface area (Å²) in [5.41, 5.74) is -0.600. The zero-order chi connectivity index (χ0) is 29.2. The van der Waals surface area contributed by atoms with Crippen molar-refractivity contribution in [2.75, 3.05) is 11.9 Å². The van der Waals surface area contributed by atoms with Crippen LogP contribution in [0.15, 0.2) is 41.3 Å². The van der Waals surface area contributed by atoms with Gasteiger partial charge in [-0.25, -0.2) is 18.5 Å². The lowest BCUT2D eigenvalue weighted by molar-refractivity contribution is -0.385. The van der Waals surface area contributed by atoms with Crippen LogP contribution in [0.4, 0.5) is 11.5 Å². The molecule has 1 saturated heterocycles. The Morgan fingerprint density at radius 2 is 1.85 bits per heavy atom. The average Bonchev–Trinajstić information content (AvgIpc) is 3.15. The van der Waals surface area contributed by atoms with E-state index in [0.29, 0.717) is 5.56 Å².